The van der Waals surface area contributed by atoms with Crippen molar-refractivity contribution in [3.8, 4) is 17.2 Å². The first-order valence-corrected chi connectivity index (χ1v) is 15.3. The second-order valence-corrected chi connectivity index (χ2v) is 11.9. The molecule has 0 saturated heterocycles. The average molecular weight is 596 g/mol. The zero-order valence-corrected chi connectivity index (χ0v) is 25.1. The molecule has 0 aromatic heterocycles. The Morgan fingerprint density at radius 3 is 2.36 bits per heavy atom. The number of nitrogens with one attached hydrogen (secondary N) is 1. The van der Waals surface area contributed by atoms with E-state index in [-0.39, 0.29) is 29.1 Å². The SMILES string of the molecule is CC[C@@H](C)NC(=O)[C@@H](C)N(Cc1cccc(OC)c1)C(=O)CN(c1ccc2c(c1)OCCO2)S(=O)(=O)c1ccccc1. The first-order chi connectivity index (χ1) is 20.1. The number of benzene rings is 3. The van der Waals surface area contributed by atoms with Crippen molar-refractivity contribution in [2.45, 2.75) is 50.7 Å². The minimum atomic E-state index is -4.19. The van der Waals surface area contributed by atoms with Crippen LogP contribution in [0.15, 0.2) is 77.7 Å². The zero-order valence-electron chi connectivity index (χ0n) is 24.3. The molecule has 1 heterocycles. The zero-order chi connectivity index (χ0) is 30.3. The lowest BCUT2D eigenvalue weighted by Gasteiger charge is -2.32. The summed E-state index contributed by atoms with van der Waals surface area (Å²) < 4.78 is 45.6. The molecule has 224 valence electrons. The van der Waals surface area contributed by atoms with Gasteiger partial charge in [-0.05, 0) is 62.2 Å². The second-order valence-electron chi connectivity index (χ2n) is 10.0. The molecule has 4 rings (SSSR count). The smallest absolute Gasteiger partial charge is 0.264 e. The fourth-order valence-electron chi connectivity index (χ4n) is 4.45. The number of hydrogen-bond donors (Lipinski definition) is 1. The summed E-state index contributed by atoms with van der Waals surface area (Å²) in [5, 5.41) is 2.93. The maximum Gasteiger partial charge on any atom is 0.264 e. The van der Waals surface area contributed by atoms with Crippen molar-refractivity contribution in [3.63, 3.8) is 0 Å². The van der Waals surface area contributed by atoms with Gasteiger partial charge >= 0.3 is 0 Å². The molecule has 0 fully saturated rings. The Morgan fingerprint density at radius 2 is 1.67 bits per heavy atom. The Bertz CT molecular complexity index is 1500. The summed E-state index contributed by atoms with van der Waals surface area (Å²) in [6.45, 7) is 5.68. The van der Waals surface area contributed by atoms with Crippen LogP contribution >= 0.6 is 0 Å². The van der Waals surface area contributed by atoms with Gasteiger partial charge in [0.25, 0.3) is 10.0 Å². The Hall–Kier alpha value is -4.25. The summed E-state index contributed by atoms with van der Waals surface area (Å²) in [6, 6.07) is 18.8. The highest BCUT2D eigenvalue weighted by Crippen LogP contribution is 2.36. The first kappa shape index (κ1) is 30.7. The van der Waals surface area contributed by atoms with Crippen molar-refractivity contribution < 1.29 is 32.2 Å². The van der Waals surface area contributed by atoms with Gasteiger partial charge in [-0.15, -0.1) is 0 Å². The molecule has 1 aliphatic heterocycles. The van der Waals surface area contributed by atoms with Crippen molar-refractivity contribution in [1.82, 2.24) is 10.2 Å². The number of anilines is 1. The van der Waals surface area contributed by atoms with Crippen LogP contribution in [0.1, 0.15) is 32.8 Å². The number of nitrogens with zero attached hydrogens (tertiary/aromatic N) is 2. The Balaban J connectivity index is 1.73. The molecule has 2 amide bonds. The van der Waals surface area contributed by atoms with E-state index in [1.807, 2.05) is 19.9 Å². The molecule has 2 atom stereocenters. The molecule has 10 nitrogen and oxygen atoms in total. The predicted octanol–water partition coefficient (Wildman–Crippen LogP) is 3.99. The molecule has 0 bridgehead atoms. The number of ether oxygens (including phenoxy) is 3. The quantitative estimate of drug-likeness (QED) is 0.337. The molecule has 0 unspecified atom stereocenters. The number of fused-ring (bicyclic) bond motifs is 1. The number of rotatable bonds is 12. The van der Waals surface area contributed by atoms with Crippen molar-refractivity contribution in [3.05, 3.63) is 78.4 Å². The van der Waals surface area contributed by atoms with Crippen molar-refractivity contribution in [2.75, 3.05) is 31.2 Å². The van der Waals surface area contributed by atoms with E-state index >= 15 is 0 Å². The van der Waals surface area contributed by atoms with E-state index in [2.05, 4.69) is 5.32 Å². The molecule has 0 radical (unpaired) electrons. The topological polar surface area (TPSA) is 114 Å². The first-order valence-electron chi connectivity index (χ1n) is 13.8. The van der Waals surface area contributed by atoms with Gasteiger partial charge in [-0.25, -0.2) is 8.42 Å². The van der Waals surface area contributed by atoms with Crippen LogP contribution in [0.2, 0.25) is 0 Å². The lowest BCUT2D eigenvalue weighted by Crippen LogP contribution is -2.52. The van der Waals surface area contributed by atoms with Crippen molar-refractivity contribution in [2.24, 2.45) is 0 Å². The second kappa shape index (κ2) is 13.6. The van der Waals surface area contributed by atoms with Gasteiger partial charge in [-0.1, -0.05) is 37.3 Å². The predicted molar refractivity (Wildman–Crippen MR) is 159 cm³/mol. The molecule has 0 saturated carbocycles. The summed E-state index contributed by atoms with van der Waals surface area (Å²) in [4.78, 5) is 28.7. The Kier molecular flexibility index (Phi) is 9.95. The van der Waals surface area contributed by atoms with Gasteiger partial charge in [-0.2, -0.15) is 0 Å². The molecule has 0 aliphatic carbocycles. The minimum Gasteiger partial charge on any atom is -0.497 e. The number of carbonyl (C=O) groups is 2. The third-order valence-electron chi connectivity index (χ3n) is 7.08. The van der Waals surface area contributed by atoms with E-state index in [0.29, 0.717) is 30.5 Å². The third kappa shape index (κ3) is 7.14. The highest BCUT2D eigenvalue weighted by Gasteiger charge is 2.33. The van der Waals surface area contributed by atoms with Gasteiger partial charge in [0.1, 0.15) is 31.5 Å². The number of sulfonamides is 1. The van der Waals surface area contributed by atoms with E-state index in [9.17, 15) is 18.0 Å². The lowest BCUT2D eigenvalue weighted by molar-refractivity contribution is -0.139. The summed E-state index contributed by atoms with van der Waals surface area (Å²) in [6.07, 6.45) is 0.718. The highest BCUT2D eigenvalue weighted by molar-refractivity contribution is 7.92. The summed E-state index contributed by atoms with van der Waals surface area (Å²) in [5.41, 5.74) is 0.956. The van der Waals surface area contributed by atoms with Gasteiger partial charge in [0.05, 0.1) is 17.7 Å². The maximum absolute atomic E-state index is 14.1. The van der Waals surface area contributed by atoms with Crippen LogP contribution in [0.4, 0.5) is 5.69 Å². The van der Waals surface area contributed by atoms with Crippen LogP contribution in [-0.2, 0) is 26.2 Å². The van der Waals surface area contributed by atoms with Gasteiger partial charge in [0, 0.05) is 18.7 Å². The fourth-order valence-corrected chi connectivity index (χ4v) is 5.88. The van der Waals surface area contributed by atoms with Gasteiger partial charge in [0.15, 0.2) is 11.5 Å². The van der Waals surface area contributed by atoms with Crippen LogP contribution in [0.5, 0.6) is 17.2 Å². The molecule has 42 heavy (non-hydrogen) atoms. The maximum atomic E-state index is 14.1. The fraction of sp³-hybridized carbons (Fsp3) is 0.355. The van der Waals surface area contributed by atoms with Crippen LogP contribution < -0.4 is 23.8 Å². The molecule has 3 aromatic rings. The molecule has 0 spiro atoms. The van der Waals surface area contributed by atoms with Gasteiger partial charge in [-0.3, -0.25) is 13.9 Å². The number of hydrogen-bond acceptors (Lipinski definition) is 7. The van der Waals surface area contributed by atoms with Crippen LogP contribution in [0.3, 0.4) is 0 Å². The Labute approximate surface area is 247 Å². The lowest BCUT2D eigenvalue weighted by atomic mass is 10.1. The van der Waals surface area contributed by atoms with Crippen LogP contribution in [0.25, 0.3) is 0 Å². The van der Waals surface area contributed by atoms with Crippen LogP contribution in [0, 0.1) is 0 Å². The average Bonchev–Trinajstić information content (AvgIpc) is 3.02. The van der Waals surface area contributed by atoms with Crippen molar-refractivity contribution >= 4 is 27.5 Å². The third-order valence-corrected chi connectivity index (χ3v) is 8.87. The largest absolute Gasteiger partial charge is 0.497 e. The van der Waals surface area contributed by atoms with E-state index in [4.69, 9.17) is 14.2 Å². The summed E-state index contributed by atoms with van der Waals surface area (Å²) in [5.74, 6) is 0.579. The molecular formula is C31H37N3O7S. The number of carbonyl (C=O) groups excluding carboxylic acids is 2. The van der Waals surface area contributed by atoms with Gasteiger partial charge < -0.3 is 24.4 Å². The minimum absolute atomic E-state index is 0.0228. The molecular weight excluding hydrogens is 558 g/mol. The van der Waals surface area contributed by atoms with Crippen molar-refractivity contribution in [1.29, 1.82) is 0 Å². The van der Waals surface area contributed by atoms with Gasteiger partial charge in [0.2, 0.25) is 11.8 Å². The van der Waals surface area contributed by atoms with E-state index < -0.39 is 28.5 Å². The highest BCUT2D eigenvalue weighted by atomic mass is 32.2. The van der Waals surface area contributed by atoms with E-state index in [1.54, 1.807) is 68.6 Å². The Morgan fingerprint density at radius 1 is 0.952 bits per heavy atom. The molecule has 11 heteroatoms. The van der Waals surface area contributed by atoms with E-state index in [1.165, 1.54) is 17.0 Å². The molecule has 1 aliphatic rings. The normalized spacial score (nSPS) is 13.9. The van der Waals surface area contributed by atoms with E-state index in [0.717, 1.165) is 16.3 Å². The molecule has 1 N–H and O–H groups in total. The monoisotopic (exact) mass is 595 g/mol. The summed E-state index contributed by atoms with van der Waals surface area (Å²) >= 11 is 0. The molecule has 3 aromatic carbocycles. The number of amides is 2. The standard InChI is InChI=1S/C31H37N3O7S/c1-5-22(2)32-31(36)23(3)33(20-24-10-9-11-26(18-24)39-4)30(35)21-34(42(37,38)27-12-7-6-8-13-27)25-14-15-28-29(19-25)41-17-16-40-28/h6-15,18-19,22-23H,5,16-17,20-21H2,1-4H3,(H,32,36)/t22-,23-/m1/s1. The number of methoxy groups -OCH3 is 1. The van der Waals surface area contributed by atoms with Crippen LogP contribution in [-0.4, -0.2) is 64.1 Å². The summed E-state index contributed by atoms with van der Waals surface area (Å²) in [7, 11) is -2.65.